The predicted molar refractivity (Wildman–Crippen MR) is 125 cm³/mol. The third-order valence-electron chi connectivity index (χ3n) is 4.40. The molecule has 0 spiro atoms. The molecule has 0 saturated heterocycles. The van der Waals surface area contributed by atoms with E-state index in [1.54, 1.807) is 36.4 Å². The first-order valence-electron chi connectivity index (χ1n) is 10.8. The first-order valence-corrected chi connectivity index (χ1v) is 10.8. The molecule has 0 atom stereocenters. The minimum atomic E-state index is -0.714. The summed E-state index contributed by atoms with van der Waals surface area (Å²) in [6.45, 7) is 5.04. The highest BCUT2D eigenvalue weighted by atomic mass is 16.5. The molecule has 2 aromatic carbocycles. The molecule has 9 heteroatoms. The van der Waals surface area contributed by atoms with E-state index in [9.17, 15) is 24.0 Å². The fourth-order valence-electron chi connectivity index (χ4n) is 2.72. The second-order valence-corrected chi connectivity index (χ2v) is 7.97. The summed E-state index contributed by atoms with van der Waals surface area (Å²) in [6, 6.07) is 12.7. The van der Waals surface area contributed by atoms with Crippen molar-refractivity contribution in [3.63, 3.8) is 0 Å². The highest BCUT2D eigenvalue weighted by Gasteiger charge is 2.13. The molecule has 0 bridgehead atoms. The number of anilines is 2. The number of carbonyl (C=O) groups excluding carboxylic acids is 5. The lowest BCUT2D eigenvalue weighted by atomic mass is 10.1. The molecule has 0 aliphatic rings. The molecular weight excluding hydrogens is 440 g/mol. The van der Waals surface area contributed by atoms with Crippen molar-refractivity contribution in [2.24, 2.45) is 5.92 Å². The van der Waals surface area contributed by atoms with E-state index in [0.29, 0.717) is 29.1 Å². The SMILES string of the molecule is CC(=O)c1cccc(NC(=O)COC(=O)CCC(=O)Nc2cccc(C(=O)OCC(C)C)c2)c1. The average Bonchev–Trinajstić information content (AvgIpc) is 2.80. The minimum Gasteiger partial charge on any atom is -0.462 e. The molecule has 2 N–H and O–H groups in total. The molecule has 0 aromatic heterocycles. The van der Waals surface area contributed by atoms with E-state index in [1.165, 1.54) is 19.1 Å². The minimum absolute atomic E-state index is 0.140. The van der Waals surface area contributed by atoms with Crippen LogP contribution in [0.3, 0.4) is 0 Å². The molecule has 0 radical (unpaired) electrons. The number of hydrogen-bond acceptors (Lipinski definition) is 7. The fraction of sp³-hybridized carbons (Fsp3) is 0.320. The molecule has 0 saturated carbocycles. The summed E-state index contributed by atoms with van der Waals surface area (Å²) in [5, 5.41) is 5.14. The predicted octanol–water partition coefficient (Wildman–Crippen LogP) is 3.60. The second-order valence-electron chi connectivity index (χ2n) is 7.97. The van der Waals surface area contributed by atoms with Crippen molar-refractivity contribution in [1.29, 1.82) is 0 Å². The number of carbonyl (C=O) groups is 5. The fourth-order valence-corrected chi connectivity index (χ4v) is 2.72. The summed E-state index contributed by atoms with van der Waals surface area (Å²) < 4.78 is 10.1. The Morgan fingerprint density at radius 1 is 0.794 bits per heavy atom. The van der Waals surface area contributed by atoms with Gasteiger partial charge in [0, 0.05) is 23.4 Å². The number of ketones is 1. The smallest absolute Gasteiger partial charge is 0.338 e. The van der Waals surface area contributed by atoms with Crippen LogP contribution in [0.25, 0.3) is 0 Å². The number of rotatable bonds is 11. The highest BCUT2D eigenvalue weighted by Crippen LogP contribution is 2.14. The van der Waals surface area contributed by atoms with Crippen LogP contribution in [0.1, 0.15) is 54.3 Å². The zero-order chi connectivity index (χ0) is 25.1. The Labute approximate surface area is 197 Å². The number of hydrogen-bond donors (Lipinski definition) is 2. The first-order chi connectivity index (χ1) is 16.1. The van der Waals surface area contributed by atoms with Gasteiger partial charge in [0.1, 0.15) is 0 Å². The lowest BCUT2D eigenvalue weighted by Crippen LogP contribution is -2.22. The Hall–Kier alpha value is -4.01. The van der Waals surface area contributed by atoms with Crippen molar-refractivity contribution in [1.82, 2.24) is 0 Å². The van der Waals surface area contributed by atoms with Gasteiger partial charge in [0.05, 0.1) is 18.6 Å². The first kappa shape index (κ1) is 26.2. The van der Waals surface area contributed by atoms with Crippen LogP contribution in [-0.2, 0) is 23.9 Å². The summed E-state index contributed by atoms with van der Waals surface area (Å²) in [4.78, 5) is 59.4. The summed E-state index contributed by atoms with van der Waals surface area (Å²) in [5.41, 5.74) is 1.55. The van der Waals surface area contributed by atoms with Gasteiger partial charge in [-0.25, -0.2) is 4.79 Å². The zero-order valence-corrected chi connectivity index (χ0v) is 19.4. The van der Waals surface area contributed by atoms with Gasteiger partial charge in [0.25, 0.3) is 5.91 Å². The van der Waals surface area contributed by atoms with E-state index in [4.69, 9.17) is 9.47 Å². The molecule has 2 aromatic rings. The number of Topliss-reactive ketones (excluding diaryl/α,β-unsaturated/α-hetero) is 1. The van der Waals surface area contributed by atoms with Gasteiger partial charge in [0.2, 0.25) is 5.91 Å². The molecule has 0 aliphatic heterocycles. The zero-order valence-electron chi connectivity index (χ0n) is 19.4. The van der Waals surface area contributed by atoms with Crippen LogP contribution < -0.4 is 10.6 Å². The monoisotopic (exact) mass is 468 g/mol. The number of benzene rings is 2. The number of nitrogens with one attached hydrogen (secondary N) is 2. The van der Waals surface area contributed by atoms with Gasteiger partial charge in [-0.3, -0.25) is 19.2 Å². The van der Waals surface area contributed by atoms with E-state index in [0.717, 1.165) is 0 Å². The van der Waals surface area contributed by atoms with Gasteiger partial charge in [-0.15, -0.1) is 0 Å². The molecule has 0 aliphatic carbocycles. The van der Waals surface area contributed by atoms with Crippen molar-refractivity contribution in [3.05, 3.63) is 59.7 Å². The molecule has 2 amide bonds. The van der Waals surface area contributed by atoms with Crippen LogP contribution >= 0.6 is 0 Å². The van der Waals surface area contributed by atoms with Gasteiger partial charge in [-0.1, -0.05) is 32.0 Å². The lowest BCUT2D eigenvalue weighted by Gasteiger charge is -2.09. The van der Waals surface area contributed by atoms with Crippen LogP contribution in [-0.4, -0.2) is 42.7 Å². The van der Waals surface area contributed by atoms with Gasteiger partial charge in [0.15, 0.2) is 12.4 Å². The molecule has 34 heavy (non-hydrogen) atoms. The van der Waals surface area contributed by atoms with Crippen LogP contribution in [0.4, 0.5) is 11.4 Å². The number of amides is 2. The van der Waals surface area contributed by atoms with Crippen LogP contribution in [0.5, 0.6) is 0 Å². The number of esters is 2. The van der Waals surface area contributed by atoms with E-state index in [1.807, 2.05) is 13.8 Å². The van der Waals surface area contributed by atoms with Crippen molar-refractivity contribution in [2.75, 3.05) is 23.8 Å². The topological polar surface area (TPSA) is 128 Å². The molecule has 180 valence electrons. The average molecular weight is 469 g/mol. The normalized spacial score (nSPS) is 10.4. The van der Waals surface area contributed by atoms with Gasteiger partial charge < -0.3 is 20.1 Å². The van der Waals surface area contributed by atoms with Gasteiger partial charge >= 0.3 is 11.9 Å². The Bertz CT molecular complexity index is 1060. The summed E-state index contributed by atoms with van der Waals surface area (Å²) in [6.07, 6.45) is -0.391. The van der Waals surface area contributed by atoms with Gasteiger partial charge in [-0.2, -0.15) is 0 Å². The van der Waals surface area contributed by atoms with Crippen molar-refractivity contribution in [3.8, 4) is 0 Å². The van der Waals surface area contributed by atoms with E-state index >= 15 is 0 Å². The Balaban J connectivity index is 1.74. The Morgan fingerprint density at radius 3 is 2.00 bits per heavy atom. The molecular formula is C25H28N2O7. The Kier molecular flexibility index (Phi) is 9.94. The van der Waals surface area contributed by atoms with Crippen LogP contribution in [0, 0.1) is 5.92 Å². The maximum atomic E-state index is 12.1. The van der Waals surface area contributed by atoms with E-state index in [-0.39, 0.29) is 24.5 Å². The largest absolute Gasteiger partial charge is 0.462 e. The maximum Gasteiger partial charge on any atom is 0.338 e. The van der Waals surface area contributed by atoms with E-state index in [2.05, 4.69) is 10.6 Å². The molecule has 0 fully saturated rings. The van der Waals surface area contributed by atoms with Crippen molar-refractivity contribution in [2.45, 2.75) is 33.6 Å². The molecule has 0 heterocycles. The summed E-state index contributed by atoms with van der Waals surface area (Å²) >= 11 is 0. The van der Waals surface area contributed by atoms with E-state index < -0.39 is 30.4 Å². The van der Waals surface area contributed by atoms with Crippen molar-refractivity contribution >= 4 is 40.9 Å². The van der Waals surface area contributed by atoms with Crippen molar-refractivity contribution < 1.29 is 33.4 Å². The quantitative estimate of drug-likeness (QED) is 0.381. The van der Waals surface area contributed by atoms with Crippen LogP contribution in [0.15, 0.2) is 48.5 Å². The third-order valence-corrected chi connectivity index (χ3v) is 4.40. The van der Waals surface area contributed by atoms with Crippen LogP contribution in [0.2, 0.25) is 0 Å². The highest BCUT2D eigenvalue weighted by molar-refractivity contribution is 5.98. The molecule has 2 rings (SSSR count). The lowest BCUT2D eigenvalue weighted by molar-refractivity contribution is -0.147. The number of ether oxygens (including phenoxy) is 2. The molecule has 0 unspecified atom stereocenters. The third kappa shape index (κ3) is 9.23. The summed E-state index contributed by atoms with van der Waals surface area (Å²) in [5.74, 6) is -2.16. The standard InChI is InChI=1S/C25H28N2O7/c1-16(2)14-34-25(32)19-7-5-9-21(13-19)26-22(29)10-11-24(31)33-15-23(30)27-20-8-4-6-18(12-20)17(3)28/h4-9,12-13,16H,10-11,14-15H2,1-3H3,(H,26,29)(H,27,30). The molecule has 9 nitrogen and oxygen atoms in total. The van der Waals surface area contributed by atoms with Gasteiger partial charge in [-0.05, 0) is 43.2 Å². The second kappa shape index (κ2) is 12.9. The Morgan fingerprint density at radius 2 is 1.38 bits per heavy atom. The summed E-state index contributed by atoms with van der Waals surface area (Å²) in [7, 11) is 0. The maximum absolute atomic E-state index is 12.1.